The molecule has 0 atom stereocenters. The molecule has 3 heterocycles. The number of thiophene rings is 1. The lowest BCUT2D eigenvalue weighted by molar-refractivity contribution is 0.726. The van der Waals surface area contributed by atoms with Gasteiger partial charge in [-0.3, -0.25) is 0 Å². The summed E-state index contributed by atoms with van der Waals surface area (Å²) in [6.07, 6.45) is 5.13. The van der Waals surface area contributed by atoms with Crippen molar-refractivity contribution in [3.05, 3.63) is 16.7 Å². The van der Waals surface area contributed by atoms with Crippen molar-refractivity contribution in [2.75, 3.05) is 18.0 Å². The molecule has 0 radical (unpaired) electrons. The number of nitrogens with zero attached hydrogens (tertiary/aromatic N) is 3. The maximum absolute atomic E-state index is 6.00. The number of aromatic nitrogens is 2. The van der Waals surface area contributed by atoms with E-state index in [0.29, 0.717) is 5.28 Å². The average molecular weight is 268 g/mol. The smallest absolute Gasteiger partial charge is 0.225 e. The van der Waals surface area contributed by atoms with E-state index in [2.05, 4.69) is 26.3 Å². The van der Waals surface area contributed by atoms with Crippen molar-refractivity contribution in [3.63, 3.8) is 0 Å². The van der Waals surface area contributed by atoms with Gasteiger partial charge in [-0.25, -0.2) is 4.98 Å². The maximum Gasteiger partial charge on any atom is 0.225 e. The van der Waals surface area contributed by atoms with Gasteiger partial charge in [0.2, 0.25) is 5.28 Å². The number of rotatable bonds is 1. The molecule has 0 aliphatic carbocycles. The Kier molecular flexibility index (Phi) is 3.16. The highest BCUT2D eigenvalue weighted by atomic mass is 35.5. The van der Waals surface area contributed by atoms with E-state index < -0.39 is 0 Å². The lowest BCUT2D eigenvalue weighted by Crippen LogP contribution is -2.25. The molecule has 1 aliphatic heterocycles. The van der Waals surface area contributed by atoms with E-state index in [0.717, 1.165) is 29.1 Å². The molecule has 0 N–H and O–H groups in total. The third-order valence-corrected chi connectivity index (χ3v) is 4.16. The molecule has 0 unspecified atom stereocenters. The molecule has 3 nitrogen and oxygen atoms in total. The SMILES string of the molecule is Clc1nc(N2CCCCCC2)c2ccsc2n1. The lowest BCUT2D eigenvalue weighted by Gasteiger charge is -2.22. The van der Waals surface area contributed by atoms with E-state index in [1.165, 1.54) is 25.7 Å². The Morgan fingerprint density at radius 1 is 1.12 bits per heavy atom. The first-order valence-corrected chi connectivity index (χ1v) is 7.26. The van der Waals surface area contributed by atoms with Crippen LogP contribution < -0.4 is 4.90 Å². The van der Waals surface area contributed by atoms with Crippen LogP contribution in [-0.2, 0) is 0 Å². The third-order valence-electron chi connectivity index (χ3n) is 3.18. The van der Waals surface area contributed by atoms with Gasteiger partial charge in [0.15, 0.2) is 0 Å². The molecular weight excluding hydrogens is 254 g/mol. The highest BCUT2D eigenvalue weighted by Gasteiger charge is 2.16. The van der Waals surface area contributed by atoms with Crippen LogP contribution in [0.15, 0.2) is 11.4 Å². The Bertz CT molecular complexity index is 517. The second kappa shape index (κ2) is 4.78. The van der Waals surface area contributed by atoms with Crippen LogP contribution in [0.2, 0.25) is 5.28 Å². The second-order valence-corrected chi connectivity index (χ2v) is 5.59. The van der Waals surface area contributed by atoms with Crippen LogP contribution in [0.25, 0.3) is 10.2 Å². The summed E-state index contributed by atoms with van der Waals surface area (Å²) in [6.45, 7) is 2.16. The molecule has 0 amide bonds. The standard InChI is InChI=1S/C12H14ClN3S/c13-12-14-10(9-5-8-17-11(9)15-12)16-6-3-1-2-4-7-16/h5,8H,1-4,6-7H2. The van der Waals surface area contributed by atoms with Gasteiger partial charge >= 0.3 is 0 Å². The van der Waals surface area contributed by atoms with Gasteiger partial charge in [0.1, 0.15) is 10.6 Å². The van der Waals surface area contributed by atoms with Crippen molar-refractivity contribution in [3.8, 4) is 0 Å². The van der Waals surface area contributed by atoms with Crippen molar-refractivity contribution in [1.29, 1.82) is 0 Å². The van der Waals surface area contributed by atoms with Gasteiger partial charge in [-0.1, -0.05) is 12.8 Å². The van der Waals surface area contributed by atoms with Crippen LogP contribution in [0.5, 0.6) is 0 Å². The van der Waals surface area contributed by atoms with Crippen LogP contribution in [-0.4, -0.2) is 23.1 Å². The number of hydrogen-bond acceptors (Lipinski definition) is 4. The number of halogens is 1. The van der Waals surface area contributed by atoms with Crippen molar-refractivity contribution in [2.45, 2.75) is 25.7 Å². The molecule has 1 saturated heterocycles. The van der Waals surface area contributed by atoms with Gasteiger partial charge in [-0.2, -0.15) is 4.98 Å². The zero-order valence-corrected chi connectivity index (χ0v) is 11.1. The predicted molar refractivity (Wildman–Crippen MR) is 73.1 cm³/mol. The van der Waals surface area contributed by atoms with Gasteiger partial charge in [-0.05, 0) is 35.9 Å². The van der Waals surface area contributed by atoms with Gasteiger partial charge in [0.25, 0.3) is 0 Å². The highest BCUT2D eigenvalue weighted by molar-refractivity contribution is 7.16. The van der Waals surface area contributed by atoms with Gasteiger partial charge in [0, 0.05) is 13.1 Å². The molecule has 17 heavy (non-hydrogen) atoms. The van der Waals surface area contributed by atoms with Crippen molar-refractivity contribution in [2.24, 2.45) is 0 Å². The first-order chi connectivity index (χ1) is 8.34. The first kappa shape index (κ1) is 11.2. The largest absolute Gasteiger partial charge is 0.356 e. The normalized spacial score (nSPS) is 17.4. The first-order valence-electron chi connectivity index (χ1n) is 6.00. The molecule has 0 bridgehead atoms. The summed E-state index contributed by atoms with van der Waals surface area (Å²) in [5, 5.41) is 3.55. The Labute approximate surface area is 109 Å². The second-order valence-electron chi connectivity index (χ2n) is 4.36. The molecule has 0 saturated carbocycles. The highest BCUT2D eigenvalue weighted by Crippen LogP contribution is 2.30. The molecule has 2 aromatic heterocycles. The molecule has 1 fully saturated rings. The van der Waals surface area contributed by atoms with Crippen LogP contribution in [0.4, 0.5) is 5.82 Å². The summed E-state index contributed by atoms with van der Waals surface area (Å²) in [6, 6.07) is 2.09. The molecule has 5 heteroatoms. The molecule has 2 aromatic rings. The quantitative estimate of drug-likeness (QED) is 0.738. The Balaban J connectivity index is 2.05. The minimum Gasteiger partial charge on any atom is -0.356 e. The lowest BCUT2D eigenvalue weighted by atomic mass is 10.2. The van der Waals surface area contributed by atoms with Gasteiger partial charge in [-0.15, -0.1) is 11.3 Å². The van der Waals surface area contributed by atoms with Crippen molar-refractivity contribution >= 4 is 39.0 Å². The summed E-state index contributed by atoms with van der Waals surface area (Å²) in [7, 11) is 0. The minimum atomic E-state index is 0.360. The van der Waals surface area contributed by atoms with E-state index >= 15 is 0 Å². The van der Waals surface area contributed by atoms with Gasteiger partial charge in [0.05, 0.1) is 5.39 Å². The fourth-order valence-electron chi connectivity index (χ4n) is 2.34. The zero-order valence-electron chi connectivity index (χ0n) is 9.53. The van der Waals surface area contributed by atoms with E-state index in [-0.39, 0.29) is 0 Å². The number of fused-ring (bicyclic) bond motifs is 1. The summed E-state index contributed by atoms with van der Waals surface area (Å²) in [5.74, 6) is 1.02. The van der Waals surface area contributed by atoms with Crippen molar-refractivity contribution < 1.29 is 0 Å². The minimum absolute atomic E-state index is 0.360. The average Bonchev–Trinajstić information content (AvgIpc) is 2.62. The molecule has 0 spiro atoms. The number of hydrogen-bond donors (Lipinski definition) is 0. The van der Waals surface area contributed by atoms with Crippen LogP contribution in [0.1, 0.15) is 25.7 Å². The molecule has 90 valence electrons. The van der Waals surface area contributed by atoms with E-state index in [1.807, 2.05) is 0 Å². The molecule has 3 rings (SSSR count). The Morgan fingerprint density at radius 3 is 2.65 bits per heavy atom. The zero-order chi connectivity index (χ0) is 11.7. The summed E-state index contributed by atoms with van der Waals surface area (Å²) in [4.78, 5) is 12.0. The molecule has 1 aliphatic rings. The van der Waals surface area contributed by atoms with Crippen LogP contribution >= 0.6 is 22.9 Å². The van der Waals surface area contributed by atoms with Gasteiger partial charge < -0.3 is 4.90 Å². The Hall–Kier alpha value is -0.870. The summed E-state index contributed by atoms with van der Waals surface area (Å²) in [5.41, 5.74) is 0. The number of anilines is 1. The van der Waals surface area contributed by atoms with Crippen molar-refractivity contribution in [1.82, 2.24) is 9.97 Å². The predicted octanol–water partition coefficient (Wildman–Crippen LogP) is 3.73. The summed E-state index contributed by atoms with van der Waals surface area (Å²) < 4.78 is 0. The van der Waals surface area contributed by atoms with Crippen LogP contribution in [0, 0.1) is 0 Å². The molecule has 0 aromatic carbocycles. The summed E-state index contributed by atoms with van der Waals surface area (Å²) >= 11 is 7.62. The fraction of sp³-hybridized carbons (Fsp3) is 0.500. The topological polar surface area (TPSA) is 29.0 Å². The maximum atomic E-state index is 6.00. The van der Waals surface area contributed by atoms with E-state index in [1.54, 1.807) is 11.3 Å². The molecular formula is C12H14ClN3S. The Morgan fingerprint density at radius 2 is 1.88 bits per heavy atom. The monoisotopic (exact) mass is 267 g/mol. The third kappa shape index (κ3) is 2.24. The fourth-order valence-corrected chi connectivity index (χ4v) is 3.31. The van der Waals surface area contributed by atoms with E-state index in [4.69, 9.17) is 11.6 Å². The van der Waals surface area contributed by atoms with Crippen LogP contribution in [0.3, 0.4) is 0 Å². The van der Waals surface area contributed by atoms with E-state index in [9.17, 15) is 0 Å².